The predicted molar refractivity (Wildman–Crippen MR) is 133 cm³/mol. The number of pyridine rings is 1. The summed E-state index contributed by atoms with van der Waals surface area (Å²) in [5, 5.41) is 2.70. The fraction of sp³-hybridized carbons (Fsp3) is 0.321. The number of nitrogens with one attached hydrogen (secondary N) is 1. The molecule has 34 heavy (non-hydrogen) atoms. The number of benzene rings is 2. The molecule has 1 saturated heterocycles. The highest BCUT2D eigenvalue weighted by Crippen LogP contribution is 2.28. The van der Waals surface area contributed by atoms with E-state index in [2.05, 4.69) is 17.4 Å². The van der Waals surface area contributed by atoms with Crippen molar-refractivity contribution in [3.63, 3.8) is 0 Å². The highest BCUT2D eigenvalue weighted by atomic mass is 16.2. The van der Waals surface area contributed by atoms with Crippen LogP contribution < -0.4 is 10.7 Å². The van der Waals surface area contributed by atoms with Crippen molar-refractivity contribution < 1.29 is 9.59 Å². The molecule has 2 amide bonds. The second-order valence-corrected chi connectivity index (χ2v) is 8.76. The number of amides is 2. The van der Waals surface area contributed by atoms with Crippen LogP contribution in [0.2, 0.25) is 0 Å². The molecule has 1 aromatic heterocycles. The summed E-state index contributed by atoms with van der Waals surface area (Å²) < 4.78 is 1.76. The topological polar surface area (TPSA) is 71.4 Å². The minimum Gasteiger partial charge on any atom is -0.352 e. The Bertz CT molecular complexity index is 1190. The number of aromatic nitrogens is 1. The molecular weight excluding hydrogens is 426 g/mol. The third-order valence-electron chi connectivity index (χ3n) is 6.39. The molecule has 1 aliphatic heterocycles. The lowest BCUT2D eigenvalue weighted by Gasteiger charge is -2.21. The Kier molecular flexibility index (Phi) is 7.58. The zero-order valence-corrected chi connectivity index (χ0v) is 19.6. The molecule has 0 saturated carbocycles. The lowest BCUT2D eigenvalue weighted by atomic mass is 9.92. The summed E-state index contributed by atoms with van der Waals surface area (Å²) in [7, 11) is 0. The summed E-state index contributed by atoms with van der Waals surface area (Å²) in [6.45, 7) is 3.86. The van der Waals surface area contributed by atoms with Gasteiger partial charge in [0, 0.05) is 38.6 Å². The van der Waals surface area contributed by atoms with Gasteiger partial charge >= 0.3 is 0 Å². The van der Waals surface area contributed by atoms with Gasteiger partial charge in [-0.3, -0.25) is 14.4 Å². The van der Waals surface area contributed by atoms with E-state index in [1.807, 2.05) is 48.5 Å². The number of hydrogen-bond acceptors (Lipinski definition) is 3. The van der Waals surface area contributed by atoms with Crippen LogP contribution in [0.3, 0.4) is 0 Å². The molecular formula is C28H31N3O3. The van der Waals surface area contributed by atoms with Crippen LogP contribution in [0.4, 0.5) is 0 Å². The molecule has 1 fully saturated rings. The normalized spacial score (nSPS) is 16.0. The van der Waals surface area contributed by atoms with Gasteiger partial charge in [-0.1, -0.05) is 60.7 Å². The second-order valence-electron chi connectivity index (χ2n) is 8.76. The molecule has 6 heteroatoms. The maximum absolute atomic E-state index is 13.5. The van der Waals surface area contributed by atoms with E-state index in [1.54, 1.807) is 28.8 Å². The maximum Gasteiger partial charge on any atom is 0.259 e. The highest BCUT2D eigenvalue weighted by molar-refractivity contribution is 5.99. The van der Waals surface area contributed by atoms with Gasteiger partial charge in [0.25, 0.3) is 11.8 Å². The van der Waals surface area contributed by atoms with Crippen molar-refractivity contribution in [2.45, 2.75) is 38.6 Å². The first-order valence-corrected chi connectivity index (χ1v) is 12.0. The average molecular weight is 458 g/mol. The Morgan fingerprint density at radius 3 is 2.29 bits per heavy atom. The van der Waals surface area contributed by atoms with Crippen LogP contribution in [-0.4, -0.2) is 40.9 Å². The van der Waals surface area contributed by atoms with Crippen molar-refractivity contribution in [2.75, 3.05) is 19.6 Å². The van der Waals surface area contributed by atoms with Crippen molar-refractivity contribution in [2.24, 2.45) is 0 Å². The van der Waals surface area contributed by atoms with E-state index in [-0.39, 0.29) is 17.0 Å². The molecule has 0 unspecified atom stereocenters. The Labute approximate surface area is 200 Å². The minimum absolute atomic E-state index is 0.000570. The van der Waals surface area contributed by atoms with E-state index in [4.69, 9.17) is 0 Å². The van der Waals surface area contributed by atoms with Crippen LogP contribution in [0.15, 0.2) is 77.9 Å². The van der Waals surface area contributed by atoms with E-state index in [1.165, 1.54) is 5.56 Å². The minimum atomic E-state index is -0.510. The molecule has 176 valence electrons. The molecule has 0 radical (unpaired) electrons. The molecule has 0 spiro atoms. The average Bonchev–Trinajstić information content (AvgIpc) is 3.12. The number of hydrogen-bond donors (Lipinski definition) is 1. The van der Waals surface area contributed by atoms with Crippen LogP contribution >= 0.6 is 0 Å². The van der Waals surface area contributed by atoms with Crippen molar-refractivity contribution >= 4 is 11.8 Å². The summed E-state index contributed by atoms with van der Waals surface area (Å²) in [5.74, 6) is -0.356. The third-order valence-corrected chi connectivity index (χ3v) is 6.39. The fourth-order valence-electron chi connectivity index (χ4n) is 4.61. The summed E-state index contributed by atoms with van der Waals surface area (Å²) in [6.07, 6.45) is 5.87. The van der Waals surface area contributed by atoms with Crippen molar-refractivity contribution in [3.8, 4) is 0 Å². The number of carbonyl (C=O) groups excluding carboxylic acids is 2. The number of rotatable bonds is 6. The third kappa shape index (κ3) is 5.45. The zero-order chi connectivity index (χ0) is 23.9. The van der Waals surface area contributed by atoms with Crippen LogP contribution in [-0.2, 0) is 6.54 Å². The number of nitrogens with zero attached hydrogens (tertiary/aromatic N) is 2. The molecule has 3 aromatic rings. The Morgan fingerprint density at radius 2 is 1.59 bits per heavy atom. The maximum atomic E-state index is 13.5. The van der Waals surface area contributed by atoms with Gasteiger partial charge in [-0.15, -0.1) is 0 Å². The van der Waals surface area contributed by atoms with Gasteiger partial charge in [-0.25, -0.2) is 0 Å². The van der Waals surface area contributed by atoms with Gasteiger partial charge in [0.2, 0.25) is 5.43 Å². The molecule has 2 aromatic carbocycles. The molecule has 1 aliphatic rings. The first kappa shape index (κ1) is 23.5. The highest BCUT2D eigenvalue weighted by Gasteiger charge is 2.26. The first-order chi connectivity index (χ1) is 16.6. The van der Waals surface area contributed by atoms with E-state index in [0.717, 1.165) is 24.8 Å². The lowest BCUT2D eigenvalue weighted by molar-refractivity contribution is 0.0759. The Balaban J connectivity index is 1.61. The molecule has 1 N–H and O–H groups in total. The van der Waals surface area contributed by atoms with Crippen molar-refractivity contribution in [1.29, 1.82) is 0 Å². The van der Waals surface area contributed by atoms with Crippen molar-refractivity contribution in [3.05, 3.63) is 106 Å². The van der Waals surface area contributed by atoms with E-state index >= 15 is 0 Å². The monoisotopic (exact) mass is 457 g/mol. The number of likely N-dealkylation sites (tertiary alicyclic amines) is 1. The Morgan fingerprint density at radius 1 is 0.912 bits per heavy atom. The largest absolute Gasteiger partial charge is 0.352 e. The van der Waals surface area contributed by atoms with Gasteiger partial charge in [0.05, 0.1) is 0 Å². The van der Waals surface area contributed by atoms with Crippen LogP contribution in [0, 0.1) is 0 Å². The SMILES string of the molecule is CCNC(=O)c1cn(Cc2ccccc2)cc(C(=O)N2CCC[C@H](c3ccccc3)CC2)c1=O. The molecule has 0 aliphatic carbocycles. The van der Waals surface area contributed by atoms with Crippen molar-refractivity contribution in [1.82, 2.24) is 14.8 Å². The summed E-state index contributed by atoms with van der Waals surface area (Å²) in [5.41, 5.74) is 1.86. The lowest BCUT2D eigenvalue weighted by Crippen LogP contribution is -2.38. The van der Waals surface area contributed by atoms with E-state index in [9.17, 15) is 14.4 Å². The van der Waals surface area contributed by atoms with Gasteiger partial charge in [-0.2, -0.15) is 0 Å². The summed E-state index contributed by atoms with van der Waals surface area (Å²) >= 11 is 0. The quantitative estimate of drug-likeness (QED) is 0.607. The number of carbonyl (C=O) groups is 2. The fourth-order valence-corrected chi connectivity index (χ4v) is 4.61. The van der Waals surface area contributed by atoms with Gasteiger partial charge in [0.1, 0.15) is 11.1 Å². The van der Waals surface area contributed by atoms with Gasteiger partial charge in [-0.05, 0) is 43.2 Å². The van der Waals surface area contributed by atoms with Gasteiger partial charge < -0.3 is 14.8 Å². The molecule has 0 bridgehead atoms. The van der Waals surface area contributed by atoms with Crippen LogP contribution in [0.1, 0.15) is 63.9 Å². The zero-order valence-electron chi connectivity index (χ0n) is 19.6. The summed E-state index contributed by atoms with van der Waals surface area (Å²) in [4.78, 5) is 41.2. The standard InChI is InChI=1S/C28H31N3O3/c1-2-29-27(33)24-19-30(18-21-10-5-3-6-11-21)20-25(26(24)32)28(34)31-16-9-14-23(15-17-31)22-12-7-4-8-13-22/h3-8,10-13,19-20,23H,2,9,14-18H2,1H3,(H,29,33)/t23-/m0/s1. The van der Waals surface area contributed by atoms with Gasteiger partial charge in [0.15, 0.2) is 0 Å². The second kappa shape index (κ2) is 11.0. The van der Waals surface area contributed by atoms with Crippen LogP contribution in [0.25, 0.3) is 0 Å². The van der Waals surface area contributed by atoms with Crippen LogP contribution in [0.5, 0.6) is 0 Å². The smallest absolute Gasteiger partial charge is 0.259 e. The summed E-state index contributed by atoms with van der Waals surface area (Å²) in [6, 6.07) is 20.2. The Hall–Kier alpha value is -3.67. The molecule has 6 nitrogen and oxygen atoms in total. The predicted octanol–water partition coefficient (Wildman–Crippen LogP) is 4.06. The van der Waals surface area contributed by atoms with E-state index in [0.29, 0.717) is 32.1 Å². The molecule has 4 rings (SSSR count). The van der Waals surface area contributed by atoms with E-state index < -0.39 is 11.3 Å². The first-order valence-electron chi connectivity index (χ1n) is 12.0. The molecule has 2 heterocycles. The molecule has 1 atom stereocenters.